The van der Waals surface area contributed by atoms with Crippen molar-refractivity contribution >= 4 is 34.5 Å². The van der Waals surface area contributed by atoms with Crippen LogP contribution in [0.3, 0.4) is 0 Å². The van der Waals surface area contributed by atoms with Gasteiger partial charge in [-0.2, -0.15) is 0 Å². The van der Waals surface area contributed by atoms with Crippen molar-refractivity contribution in [3.05, 3.63) is 58.8 Å². The summed E-state index contributed by atoms with van der Waals surface area (Å²) in [5, 5.41) is 3.52. The van der Waals surface area contributed by atoms with E-state index in [9.17, 15) is 4.79 Å². The molecule has 1 amide bonds. The number of ether oxygens (including phenoxy) is 1. The Hall–Kier alpha value is -2.35. The van der Waals surface area contributed by atoms with Crippen molar-refractivity contribution in [3.8, 4) is 10.9 Å². The molecule has 8 heteroatoms. The molecule has 2 fully saturated rings. The van der Waals surface area contributed by atoms with Crippen molar-refractivity contribution in [1.29, 1.82) is 0 Å². The second-order valence-electron chi connectivity index (χ2n) is 7.04. The van der Waals surface area contributed by atoms with Crippen LogP contribution in [0.15, 0.2) is 48.1 Å². The number of rotatable bonds is 5. The van der Waals surface area contributed by atoms with Crippen LogP contribution in [0.1, 0.15) is 12.1 Å². The molecule has 0 N–H and O–H groups in total. The molecule has 3 aromatic rings. The predicted octanol–water partition coefficient (Wildman–Crippen LogP) is 3.59. The van der Waals surface area contributed by atoms with E-state index >= 15 is 0 Å². The van der Waals surface area contributed by atoms with Crippen molar-refractivity contribution in [2.24, 2.45) is 0 Å². The molecule has 2 bridgehead atoms. The lowest BCUT2D eigenvalue weighted by Gasteiger charge is -2.34. The molecule has 2 aromatic heterocycles. The third kappa shape index (κ3) is 2.82. The van der Waals surface area contributed by atoms with E-state index in [0.717, 1.165) is 36.0 Å². The molecule has 5 rings (SSSR count). The van der Waals surface area contributed by atoms with Gasteiger partial charge in [-0.3, -0.25) is 14.3 Å². The first-order chi connectivity index (χ1) is 13.7. The Kier molecular flexibility index (Phi) is 4.38. The summed E-state index contributed by atoms with van der Waals surface area (Å²) in [5.74, 6) is 0.790. The maximum Gasteiger partial charge on any atom is 0.244 e. The van der Waals surface area contributed by atoms with Crippen molar-refractivity contribution in [3.63, 3.8) is 0 Å². The monoisotopic (exact) mass is 414 g/mol. The van der Waals surface area contributed by atoms with E-state index in [4.69, 9.17) is 16.3 Å². The summed E-state index contributed by atoms with van der Waals surface area (Å²) in [7, 11) is 1.62. The largest absolute Gasteiger partial charge is 0.495 e. The zero-order chi connectivity index (χ0) is 19.3. The Labute approximate surface area is 171 Å². The molecule has 0 unspecified atom stereocenters. The highest BCUT2D eigenvalue weighted by atomic mass is 35.5. The van der Waals surface area contributed by atoms with Crippen molar-refractivity contribution in [2.45, 2.75) is 25.0 Å². The standard InChI is InChI=1S/C20H19ClN4O2S/c1-27-18-5-4-13(21)9-16(18)25-15-10-17(19(25)26)23(12-15)11-14-3-2-7-24(14)20-22-6-8-28-20/h2-9,15,17H,10-12H2,1H3/t15-,17-/m0/s1. The van der Waals surface area contributed by atoms with Gasteiger partial charge >= 0.3 is 0 Å². The Bertz CT molecular complexity index is 1020. The number of halogens is 1. The molecule has 0 aliphatic carbocycles. The summed E-state index contributed by atoms with van der Waals surface area (Å²) in [4.78, 5) is 21.7. The maximum absolute atomic E-state index is 13.2. The highest BCUT2D eigenvalue weighted by Crippen LogP contribution is 2.41. The van der Waals surface area contributed by atoms with E-state index in [0.29, 0.717) is 10.8 Å². The van der Waals surface area contributed by atoms with E-state index in [-0.39, 0.29) is 18.0 Å². The van der Waals surface area contributed by atoms with Crippen LogP contribution in [0, 0.1) is 0 Å². The number of methoxy groups -OCH3 is 1. The highest BCUT2D eigenvalue weighted by molar-refractivity contribution is 7.12. The first kappa shape index (κ1) is 17.7. The fourth-order valence-electron chi connectivity index (χ4n) is 4.28. The topological polar surface area (TPSA) is 50.6 Å². The molecule has 0 spiro atoms. The highest BCUT2D eigenvalue weighted by Gasteiger charge is 2.50. The predicted molar refractivity (Wildman–Crippen MR) is 110 cm³/mol. The second kappa shape index (κ2) is 6.92. The van der Waals surface area contributed by atoms with Gasteiger partial charge < -0.3 is 9.64 Å². The van der Waals surface area contributed by atoms with E-state index in [1.165, 1.54) is 0 Å². The number of carbonyl (C=O) groups excluding carboxylic acids is 1. The fraction of sp³-hybridized carbons (Fsp3) is 0.300. The van der Waals surface area contributed by atoms with Gasteiger partial charge in [0.15, 0.2) is 5.13 Å². The van der Waals surface area contributed by atoms with Crippen LogP contribution in [0.5, 0.6) is 5.75 Å². The smallest absolute Gasteiger partial charge is 0.244 e. The van der Waals surface area contributed by atoms with Gasteiger partial charge in [0.2, 0.25) is 5.91 Å². The van der Waals surface area contributed by atoms with Gasteiger partial charge in [0.1, 0.15) is 5.75 Å². The van der Waals surface area contributed by atoms with Crippen LogP contribution in [0.25, 0.3) is 5.13 Å². The number of piperazine rings is 1. The van der Waals surface area contributed by atoms with Gasteiger partial charge in [0.25, 0.3) is 0 Å². The minimum Gasteiger partial charge on any atom is -0.495 e. The summed E-state index contributed by atoms with van der Waals surface area (Å²) in [6, 6.07) is 9.54. The SMILES string of the molecule is COc1ccc(Cl)cc1N1C(=O)[C@@H]2C[C@H]1CN2Cc1cccn1-c1nccs1. The Morgan fingerprint density at radius 3 is 3.00 bits per heavy atom. The number of carbonyl (C=O) groups is 1. The van der Waals surface area contributed by atoms with Gasteiger partial charge in [-0.25, -0.2) is 4.98 Å². The lowest BCUT2D eigenvalue weighted by atomic mass is 10.2. The number of fused-ring (bicyclic) bond motifs is 2. The number of hydrogen-bond donors (Lipinski definition) is 0. The molecule has 2 aliphatic rings. The average molecular weight is 415 g/mol. The maximum atomic E-state index is 13.2. The third-order valence-electron chi connectivity index (χ3n) is 5.49. The second-order valence-corrected chi connectivity index (χ2v) is 8.35. The van der Waals surface area contributed by atoms with Gasteiger partial charge in [0.05, 0.1) is 24.9 Å². The first-order valence-corrected chi connectivity index (χ1v) is 10.4. The minimum absolute atomic E-state index is 0.115. The van der Waals surface area contributed by atoms with Crippen molar-refractivity contribution in [1.82, 2.24) is 14.5 Å². The van der Waals surface area contributed by atoms with Gasteiger partial charge in [-0.15, -0.1) is 11.3 Å². The van der Waals surface area contributed by atoms with E-state index in [1.807, 2.05) is 34.7 Å². The Morgan fingerprint density at radius 1 is 1.36 bits per heavy atom. The molecule has 0 saturated carbocycles. The number of likely N-dealkylation sites (tertiary alicyclic amines) is 1. The number of aromatic nitrogens is 2. The quantitative estimate of drug-likeness (QED) is 0.640. The normalized spacial score (nSPS) is 21.6. The van der Waals surface area contributed by atoms with Gasteiger partial charge in [0, 0.05) is 41.6 Å². The molecule has 6 nitrogen and oxygen atoms in total. The molecule has 0 radical (unpaired) electrons. The van der Waals surface area contributed by atoms with E-state index < -0.39 is 0 Å². The molecular formula is C20H19ClN4O2S. The number of nitrogens with zero attached hydrogens (tertiary/aromatic N) is 4. The van der Waals surface area contributed by atoms with Crippen LogP contribution in [0.4, 0.5) is 5.69 Å². The molecule has 4 heterocycles. The molecule has 28 heavy (non-hydrogen) atoms. The molecule has 144 valence electrons. The number of thiazole rings is 1. The van der Waals surface area contributed by atoms with Crippen LogP contribution in [-0.4, -0.2) is 46.1 Å². The average Bonchev–Trinajstić information content (AvgIpc) is 3.46. The zero-order valence-corrected chi connectivity index (χ0v) is 16.9. The van der Waals surface area contributed by atoms with Crippen LogP contribution < -0.4 is 9.64 Å². The fourth-order valence-corrected chi connectivity index (χ4v) is 5.10. The molecule has 2 atom stereocenters. The lowest BCUT2D eigenvalue weighted by molar-refractivity contribution is -0.122. The molecule has 2 saturated heterocycles. The Morgan fingerprint density at radius 2 is 2.25 bits per heavy atom. The van der Waals surface area contributed by atoms with E-state index in [1.54, 1.807) is 30.7 Å². The van der Waals surface area contributed by atoms with Crippen LogP contribution in [0.2, 0.25) is 5.02 Å². The number of amides is 1. The number of benzene rings is 1. The summed E-state index contributed by atoms with van der Waals surface area (Å²) in [5.41, 5.74) is 1.90. The number of hydrogen-bond acceptors (Lipinski definition) is 5. The summed E-state index contributed by atoms with van der Waals surface area (Å²) in [6.07, 6.45) is 4.65. The summed E-state index contributed by atoms with van der Waals surface area (Å²) >= 11 is 7.78. The van der Waals surface area contributed by atoms with Crippen LogP contribution in [-0.2, 0) is 11.3 Å². The Balaban J connectivity index is 1.38. The lowest BCUT2D eigenvalue weighted by Crippen LogP contribution is -2.50. The summed E-state index contributed by atoms with van der Waals surface area (Å²) in [6.45, 7) is 1.55. The van der Waals surface area contributed by atoms with Crippen molar-refractivity contribution in [2.75, 3.05) is 18.6 Å². The minimum atomic E-state index is -0.117. The number of anilines is 1. The van der Waals surface area contributed by atoms with Gasteiger partial charge in [-0.05, 0) is 36.8 Å². The molecule has 2 aliphatic heterocycles. The van der Waals surface area contributed by atoms with Crippen molar-refractivity contribution < 1.29 is 9.53 Å². The van der Waals surface area contributed by atoms with Crippen LogP contribution >= 0.6 is 22.9 Å². The van der Waals surface area contributed by atoms with E-state index in [2.05, 4.69) is 20.5 Å². The molecule has 1 aromatic carbocycles. The summed E-state index contributed by atoms with van der Waals surface area (Å²) < 4.78 is 7.56. The van der Waals surface area contributed by atoms with Gasteiger partial charge in [-0.1, -0.05) is 11.6 Å². The first-order valence-electron chi connectivity index (χ1n) is 9.12. The zero-order valence-electron chi connectivity index (χ0n) is 15.3. The molecular weight excluding hydrogens is 396 g/mol. The third-order valence-corrected chi connectivity index (χ3v) is 6.50.